The Kier molecular flexibility index (Phi) is 14.9. The average Bonchev–Trinajstić information content (AvgIpc) is 1.98. The van der Waals surface area contributed by atoms with Crippen LogP contribution in [0.3, 0.4) is 0 Å². The summed E-state index contributed by atoms with van der Waals surface area (Å²) >= 11 is 0. The molecule has 0 aromatic rings. The molecule has 3 radical (unpaired) electrons. The van der Waals surface area contributed by atoms with E-state index in [-0.39, 0.29) is 70.3 Å². The van der Waals surface area contributed by atoms with E-state index in [4.69, 9.17) is 7.98 Å². The zero-order chi connectivity index (χ0) is 8.85. The Morgan fingerprint density at radius 3 is 2.15 bits per heavy atom. The maximum Gasteiger partial charge on any atom is 0.259 e. The van der Waals surface area contributed by atoms with Gasteiger partial charge in [-0.3, -0.25) is 9.59 Å². The Morgan fingerprint density at radius 2 is 1.92 bits per heavy atom. The molecular formula is C8H12BNO2Y-2. The molecule has 13 heavy (non-hydrogen) atoms. The fraction of sp³-hybridized carbons (Fsp3) is 0.375. The third-order valence-electron chi connectivity index (χ3n) is 1.12. The average molecular weight is 254 g/mol. The smallest absolute Gasteiger partial charge is 0.259 e. The molecule has 0 bridgehead atoms. The van der Waals surface area contributed by atoms with Crippen molar-refractivity contribution in [2.24, 2.45) is 4.90 Å². The summed E-state index contributed by atoms with van der Waals surface area (Å²) in [5.41, 5.74) is 0.104. The monoisotopic (exact) mass is 254 g/mol. The number of hydrogen-bond donors (Lipinski definition) is 0. The number of hydrogen-bond acceptors (Lipinski definition) is 3. The van der Waals surface area contributed by atoms with Gasteiger partial charge in [-0.05, 0) is 6.92 Å². The van der Waals surface area contributed by atoms with Crippen LogP contribution in [0.15, 0.2) is 4.90 Å². The summed E-state index contributed by atoms with van der Waals surface area (Å²) in [4.78, 5) is 24.6. The van der Waals surface area contributed by atoms with Crippen molar-refractivity contribution >= 4 is 25.3 Å². The summed E-state index contributed by atoms with van der Waals surface area (Å²) in [6, 6.07) is 0. The maximum atomic E-state index is 10.9. The van der Waals surface area contributed by atoms with E-state index in [9.17, 15) is 9.59 Å². The summed E-state index contributed by atoms with van der Waals surface area (Å²) in [5, 5.41) is 0. The number of ketones is 2. The second-order valence-corrected chi connectivity index (χ2v) is 2.13. The van der Waals surface area contributed by atoms with E-state index in [0.29, 0.717) is 0 Å². The van der Waals surface area contributed by atoms with E-state index in [1.165, 1.54) is 6.92 Å². The molecule has 0 aromatic carbocycles. The summed E-state index contributed by atoms with van der Waals surface area (Å²) < 4.78 is 0. The number of carbonyl (C=O) groups is 2. The minimum atomic E-state index is -0.275. The van der Waals surface area contributed by atoms with Crippen molar-refractivity contribution in [3.63, 3.8) is 0 Å². The van der Waals surface area contributed by atoms with Crippen molar-refractivity contribution in [3.8, 4) is 0 Å². The summed E-state index contributed by atoms with van der Waals surface area (Å²) in [6.45, 7) is 4.74. The Hall–Kier alpha value is 0.179. The zero-order valence-electron chi connectivity index (χ0n) is 8.04. The van der Waals surface area contributed by atoms with E-state index in [2.05, 4.69) is 11.8 Å². The van der Waals surface area contributed by atoms with Gasteiger partial charge in [0.2, 0.25) is 0 Å². The molecule has 0 atom stereocenters. The SMILES string of the molecule is [B]N=C(CC(C)=O)C(=O)C[CH2-].[CH3-].[Y]. The molecule has 0 unspecified atom stereocenters. The van der Waals surface area contributed by atoms with Crippen molar-refractivity contribution in [1.29, 1.82) is 0 Å². The van der Waals surface area contributed by atoms with Crippen molar-refractivity contribution in [2.75, 3.05) is 0 Å². The standard InChI is InChI=1S/C7H9BNO2.CH3.Y/c1-3-7(11)6(9-8)4-5(2)10;;/h1,3-4H2,2H3;1H3;/q2*-1;. The maximum absolute atomic E-state index is 10.9. The Bertz CT molecular complexity index is 204. The third kappa shape index (κ3) is 8.51. The Labute approximate surface area is 106 Å². The molecule has 0 N–H and O–H groups in total. The molecule has 0 rings (SSSR count). The second-order valence-electron chi connectivity index (χ2n) is 2.13. The molecule has 0 heterocycles. The fourth-order valence-corrected chi connectivity index (χ4v) is 0.596. The van der Waals surface area contributed by atoms with Crippen molar-refractivity contribution in [2.45, 2.75) is 19.8 Å². The van der Waals surface area contributed by atoms with Crippen LogP contribution in [0.2, 0.25) is 0 Å². The first-order chi connectivity index (χ1) is 5.11. The van der Waals surface area contributed by atoms with E-state index in [0.717, 1.165) is 0 Å². The zero-order valence-corrected chi connectivity index (χ0v) is 10.9. The topological polar surface area (TPSA) is 46.5 Å². The number of carbonyl (C=O) groups excluding carboxylic acids is 2. The van der Waals surface area contributed by atoms with Crippen LogP contribution >= 0.6 is 0 Å². The first-order valence-electron chi connectivity index (χ1n) is 3.20. The van der Waals surface area contributed by atoms with Gasteiger partial charge in [0.25, 0.3) is 7.98 Å². The van der Waals surface area contributed by atoms with E-state index in [1.807, 2.05) is 0 Å². The van der Waals surface area contributed by atoms with Gasteiger partial charge in [0, 0.05) is 39.1 Å². The van der Waals surface area contributed by atoms with Crippen LogP contribution in [0, 0.1) is 14.4 Å². The fourth-order valence-electron chi connectivity index (χ4n) is 0.596. The van der Waals surface area contributed by atoms with Crippen LogP contribution in [0.4, 0.5) is 0 Å². The van der Waals surface area contributed by atoms with Crippen molar-refractivity contribution in [3.05, 3.63) is 14.4 Å². The molecular weight excluding hydrogens is 242 g/mol. The Morgan fingerprint density at radius 1 is 1.46 bits per heavy atom. The van der Waals surface area contributed by atoms with Gasteiger partial charge in [-0.2, -0.15) is 0 Å². The molecule has 0 aliphatic carbocycles. The molecule has 0 aromatic heterocycles. The van der Waals surface area contributed by atoms with Crippen LogP contribution in [-0.2, 0) is 42.3 Å². The quantitative estimate of drug-likeness (QED) is 0.421. The molecule has 69 valence electrons. The van der Waals surface area contributed by atoms with Crippen LogP contribution < -0.4 is 0 Å². The first kappa shape index (κ1) is 18.9. The minimum Gasteiger partial charge on any atom is -0.358 e. The van der Waals surface area contributed by atoms with Crippen molar-refractivity contribution < 1.29 is 42.3 Å². The molecule has 0 spiro atoms. The number of Topliss-reactive ketones (excluding diaryl/α,β-unsaturated/α-hetero) is 2. The summed E-state index contributed by atoms with van der Waals surface area (Å²) in [5.74, 6) is -0.404. The van der Waals surface area contributed by atoms with Crippen LogP contribution in [-0.4, -0.2) is 25.3 Å². The van der Waals surface area contributed by atoms with Gasteiger partial charge in [-0.1, -0.05) is 0 Å². The largest absolute Gasteiger partial charge is 0.358 e. The van der Waals surface area contributed by atoms with Gasteiger partial charge < -0.3 is 19.3 Å². The van der Waals surface area contributed by atoms with Crippen molar-refractivity contribution in [1.82, 2.24) is 0 Å². The van der Waals surface area contributed by atoms with Gasteiger partial charge in [0.15, 0.2) is 0 Å². The van der Waals surface area contributed by atoms with Gasteiger partial charge in [0.05, 0.1) is 5.71 Å². The molecule has 0 amide bonds. The molecule has 5 heteroatoms. The van der Waals surface area contributed by atoms with Crippen LogP contribution in [0.25, 0.3) is 0 Å². The number of rotatable bonds is 4. The van der Waals surface area contributed by atoms with E-state index in [1.54, 1.807) is 0 Å². The van der Waals surface area contributed by atoms with Crippen LogP contribution in [0.5, 0.6) is 0 Å². The minimum absolute atomic E-state index is 0. The third-order valence-corrected chi connectivity index (χ3v) is 1.12. The normalized spacial score (nSPS) is 9.54. The molecule has 0 aliphatic heterocycles. The van der Waals surface area contributed by atoms with Gasteiger partial charge >= 0.3 is 0 Å². The molecule has 0 saturated carbocycles. The molecule has 0 fully saturated rings. The van der Waals surface area contributed by atoms with Gasteiger partial charge in [-0.15, -0.1) is 6.42 Å². The first-order valence-corrected chi connectivity index (χ1v) is 3.20. The predicted molar refractivity (Wildman–Crippen MR) is 49.9 cm³/mol. The van der Waals surface area contributed by atoms with Gasteiger partial charge in [-0.25, -0.2) is 0 Å². The predicted octanol–water partition coefficient (Wildman–Crippen LogP) is 0.731. The molecule has 3 nitrogen and oxygen atoms in total. The summed E-state index contributed by atoms with van der Waals surface area (Å²) in [6.07, 6.45) is 0.0914. The van der Waals surface area contributed by atoms with E-state index >= 15 is 0 Å². The van der Waals surface area contributed by atoms with E-state index < -0.39 is 0 Å². The van der Waals surface area contributed by atoms with Gasteiger partial charge in [0.1, 0.15) is 11.6 Å². The second kappa shape index (κ2) is 10.3. The number of nitrogens with zero attached hydrogens (tertiary/aromatic N) is 1. The summed E-state index contributed by atoms with van der Waals surface area (Å²) in [7, 11) is 4.88. The Balaban J connectivity index is -0.000000500. The molecule has 0 saturated heterocycles. The van der Waals surface area contributed by atoms with Crippen LogP contribution in [0.1, 0.15) is 19.8 Å². The molecule has 0 aliphatic rings.